The van der Waals surface area contributed by atoms with Gasteiger partial charge < -0.3 is 16.6 Å². The molecular formula is C6H8N2O2. The van der Waals surface area contributed by atoms with Crippen LogP contribution < -0.4 is 11.5 Å². The highest BCUT2D eigenvalue weighted by molar-refractivity contribution is 5.97. The van der Waals surface area contributed by atoms with E-state index in [9.17, 15) is 4.79 Å². The molecule has 0 spiro atoms. The summed E-state index contributed by atoms with van der Waals surface area (Å²) in [4.78, 5) is 10.7. The number of nitrogens with two attached hydrogens (primary N) is 2. The summed E-state index contributed by atoms with van der Waals surface area (Å²) in [5.74, 6) is -0.570. The molecule has 0 saturated heterocycles. The molecule has 0 bridgehead atoms. The SMILES string of the molecule is NC1=C(O)C(N)C(=O)C=C1. The highest BCUT2D eigenvalue weighted by Gasteiger charge is 2.20. The molecule has 0 radical (unpaired) electrons. The van der Waals surface area contributed by atoms with E-state index in [1.807, 2.05) is 0 Å². The molecular weight excluding hydrogens is 132 g/mol. The molecule has 4 nitrogen and oxygen atoms in total. The van der Waals surface area contributed by atoms with E-state index in [-0.39, 0.29) is 17.2 Å². The maximum Gasteiger partial charge on any atom is 0.180 e. The lowest BCUT2D eigenvalue weighted by Crippen LogP contribution is -2.35. The normalized spacial score (nSPS) is 25.7. The summed E-state index contributed by atoms with van der Waals surface area (Å²) in [5, 5.41) is 8.97. The summed E-state index contributed by atoms with van der Waals surface area (Å²) in [6.45, 7) is 0. The van der Waals surface area contributed by atoms with Crippen LogP contribution in [0.15, 0.2) is 23.6 Å². The van der Waals surface area contributed by atoms with Gasteiger partial charge in [-0.2, -0.15) is 0 Å². The summed E-state index contributed by atoms with van der Waals surface area (Å²) >= 11 is 0. The molecule has 0 heterocycles. The summed E-state index contributed by atoms with van der Waals surface area (Å²) in [6, 6.07) is -0.968. The molecule has 0 saturated carbocycles. The predicted octanol–water partition coefficient (Wildman–Crippen LogP) is -0.819. The second-order valence-electron chi connectivity index (χ2n) is 2.05. The Kier molecular flexibility index (Phi) is 1.47. The van der Waals surface area contributed by atoms with Gasteiger partial charge in [-0.1, -0.05) is 0 Å². The minimum Gasteiger partial charge on any atom is -0.508 e. The third-order valence-corrected chi connectivity index (χ3v) is 1.32. The van der Waals surface area contributed by atoms with Crippen LogP contribution in [0.4, 0.5) is 0 Å². The lowest BCUT2D eigenvalue weighted by Gasteiger charge is -2.12. The lowest BCUT2D eigenvalue weighted by atomic mass is 10.0. The van der Waals surface area contributed by atoms with E-state index in [0.29, 0.717) is 0 Å². The molecule has 0 aromatic heterocycles. The van der Waals surface area contributed by atoms with Crippen molar-refractivity contribution < 1.29 is 9.90 Å². The molecule has 1 rings (SSSR count). The molecule has 10 heavy (non-hydrogen) atoms. The van der Waals surface area contributed by atoms with Crippen molar-refractivity contribution in [1.29, 1.82) is 0 Å². The first-order valence-corrected chi connectivity index (χ1v) is 2.79. The maximum atomic E-state index is 10.7. The van der Waals surface area contributed by atoms with Crippen molar-refractivity contribution in [2.75, 3.05) is 0 Å². The molecule has 0 aliphatic heterocycles. The second-order valence-corrected chi connectivity index (χ2v) is 2.05. The van der Waals surface area contributed by atoms with Gasteiger partial charge in [0, 0.05) is 0 Å². The number of ketones is 1. The topological polar surface area (TPSA) is 89.3 Å². The Labute approximate surface area is 57.8 Å². The molecule has 1 unspecified atom stereocenters. The van der Waals surface area contributed by atoms with Gasteiger partial charge in [-0.3, -0.25) is 4.79 Å². The Morgan fingerprint density at radius 3 is 2.60 bits per heavy atom. The van der Waals surface area contributed by atoms with Gasteiger partial charge in [0.1, 0.15) is 11.8 Å². The number of allylic oxidation sites excluding steroid dienone is 1. The van der Waals surface area contributed by atoms with Gasteiger partial charge in [-0.25, -0.2) is 0 Å². The van der Waals surface area contributed by atoms with Crippen LogP contribution >= 0.6 is 0 Å². The van der Waals surface area contributed by atoms with E-state index in [0.717, 1.165) is 0 Å². The van der Waals surface area contributed by atoms with Crippen LogP contribution in [0.25, 0.3) is 0 Å². The van der Waals surface area contributed by atoms with Crippen molar-refractivity contribution in [1.82, 2.24) is 0 Å². The molecule has 0 aromatic rings. The molecule has 0 aromatic carbocycles. The van der Waals surface area contributed by atoms with Gasteiger partial charge in [0.2, 0.25) is 0 Å². The Morgan fingerprint density at radius 2 is 2.10 bits per heavy atom. The molecule has 1 aliphatic rings. The van der Waals surface area contributed by atoms with Gasteiger partial charge in [-0.05, 0) is 12.2 Å². The van der Waals surface area contributed by atoms with E-state index in [1.54, 1.807) is 0 Å². The molecule has 0 fully saturated rings. The van der Waals surface area contributed by atoms with Crippen molar-refractivity contribution in [3.05, 3.63) is 23.6 Å². The number of carbonyl (C=O) groups is 1. The number of aliphatic hydroxyl groups is 1. The number of aliphatic hydroxyl groups excluding tert-OH is 1. The van der Waals surface area contributed by atoms with Gasteiger partial charge in [0.25, 0.3) is 0 Å². The van der Waals surface area contributed by atoms with Crippen LogP contribution in [-0.2, 0) is 4.79 Å². The number of hydrogen-bond acceptors (Lipinski definition) is 4. The first-order valence-electron chi connectivity index (χ1n) is 2.79. The zero-order valence-electron chi connectivity index (χ0n) is 5.24. The molecule has 0 amide bonds. The van der Waals surface area contributed by atoms with E-state index in [1.165, 1.54) is 12.2 Å². The fraction of sp³-hybridized carbons (Fsp3) is 0.167. The highest BCUT2D eigenvalue weighted by Crippen LogP contribution is 2.08. The first kappa shape index (κ1) is 6.82. The quantitative estimate of drug-likeness (QED) is 0.410. The Bertz CT molecular complexity index is 230. The van der Waals surface area contributed by atoms with Crippen LogP contribution in [0.5, 0.6) is 0 Å². The van der Waals surface area contributed by atoms with Gasteiger partial charge in [0.15, 0.2) is 5.78 Å². The molecule has 54 valence electrons. The fourth-order valence-electron chi connectivity index (χ4n) is 0.675. The third kappa shape index (κ3) is 0.886. The van der Waals surface area contributed by atoms with Crippen molar-refractivity contribution in [3.63, 3.8) is 0 Å². The molecule has 4 heteroatoms. The van der Waals surface area contributed by atoms with E-state index < -0.39 is 6.04 Å². The van der Waals surface area contributed by atoms with Crippen LogP contribution in [0, 0.1) is 0 Å². The third-order valence-electron chi connectivity index (χ3n) is 1.32. The Balaban J connectivity index is 2.99. The van der Waals surface area contributed by atoms with Crippen molar-refractivity contribution in [2.24, 2.45) is 11.5 Å². The Morgan fingerprint density at radius 1 is 1.50 bits per heavy atom. The maximum absolute atomic E-state index is 10.7. The van der Waals surface area contributed by atoms with Crippen LogP contribution in [0.2, 0.25) is 0 Å². The largest absolute Gasteiger partial charge is 0.508 e. The van der Waals surface area contributed by atoms with E-state index in [4.69, 9.17) is 16.6 Å². The molecule has 5 N–H and O–H groups in total. The minimum atomic E-state index is -0.968. The Hall–Kier alpha value is -1.29. The van der Waals surface area contributed by atoms with E-state index >= 15 is 0 Å². The monoisotopic (exact) mass is 140 g/mol. The zero-order valence-corrected chi connectivity index (χ0v) is 5.24. The number of hydrogen-bond donors (Lipinski definition) is 3. The first-order chi connectivity index (χ1) is 4.63. The number of carbonyl (C=O) groups excluding carboxylic acids is 1. The average molecular weight is 140 g/mol. The fourth-order valence-corrected chi connectivity index (χ4v) is 0.675. The van der Waals surface area contributed by atoms with E-state index in [2.05, 4.69) is 0 Å². The average Bonchev–Trinajstić information content (AvgIpc) is 1.93. The lowest BCUT2D eigenvalue weighted by molar-refractivity contribution is -0.115. The van der Waals surface area contributed by atoms with Gasteiger partial charge in [-0.15, -0.1) is 0 Å². The summed E-state index contributed by atoms with van der Waals surface area (Å²) in [5.41, 5.74) is 10.6. The zero-order chi connectivity index (χ0) is 7.72. The van der Waals surface area contributed by atoms with Crippen LogP contribution in [0.3, 0.4) is 0 Å². The van der Waals surface area contributed by atoms with Crippen molar-refractivity contribution in [2.45, 2.75) is 6.04 Å². The van der Waals surface area contributed by atoms with Crippen LogP contribution in [0.1, 0.15) is 0 Å². The predicted molar refractivity (Wildman–Crippen MR) is 36.0 cm³/mol. The smallest absolute Gasteiger partial charge is 0.180 e. The summed E-state index contributed by atoms with van der Waals surface area (Å²) < 4.78 is 0. The minimum absolute atomic E-state index is 0.159. The standard InChI is InChI=1S/C6H8N2O2/c7-3-1-2-4(9)5(8)6(3)10/h1-2,5,10H,7-8H2. The van der Waals surface area contributed by atoms with Crippen molar-refractivity contribution in [3.8, 4) is 0 Å². The van der Waals surface area contributed by atoms with Gasteiger partial charge >= 0.3 is 0 Å². The molecule has 1 atom stereocenters. The van der Waals surface area contributed by atoms with Crippen molar-refractivity contribution >= 4 is 5.78 Å². The summed E-state index contributed by atoms with van der Waals surface area (Å²) in [7, 11) is 0. The molecule has 1 aliphatic carbocycles. The summed E-state index contributed by atoms with van der Waals surface area (Å²) in [6.07, 6.45) is 2.58. The second kappa shape index (κ2) is 2.15. The van der Waals surface area contributed by atoms with Crippen LogP contribution in [-0.4, -0.2) is 16.9 Å². The highest BCUT2D eigenvalue weighted by atomic mass is 16.3. The van der Waals surface area contributed by atoms with Gasteiger partial charge in [0.05, 0.1) is 5.70 Å². The number of rotatable bonds is 0.